The molecule has 1 aromatic rings. The predicted octanol–water partition coefficient (Wildman–Crippen LogP) is 2.95. The van der Waals surface area contributed by atoms with Crippen molar-refractivity contribution in [2.24, 2.45) is 11.7 Å². The third-order valence-corrected chi connectivity index (χ3v) is 4.52. The third kappa shape index (κ3) is 6.32. The smallest absolute Gasteiger partial charge is 0.227 e. The fraction of sp³-hybridized carbons (Fsp3) is 0.579. The minimum absolute atomic E-state index is 0.0756. The van der Waals surface area contributed by atoms with E-state index in [2.05, 4.69) is 10.6 Å². The molecule has 24 heavy (non-hydrogen) atoms. The second kappa shape index (κ2) is 10.1. The van der Waals surface area contributed by atoms with Gasteiger partial charge in [-0.2, -0.15) is 0 Å². The Hall–Kier alpha value is -1.88. The number of hydrogen-bond acceptors (Lipinski definition) is 3. The summed E-state index contributed by atoms with van der Waals surface area (Å²) in [6, 6.07) is 7.68. The summed E-state index contributed by atoms with van der Waals surface area (Å²) in [5.41, 5.74) is 7.25. The third-order valence-electron chi connectivity index (χ3n) is 4.52. The number of rotatable bonds is 10. The van der Waals surface area contributed by atoms with E-state index < -0.39 is 0 Å². The van der Waals surface area contributed by atoms with E-state index in [0.717, 1.165) is 62.7 Å². The Bertz CT molecular complexity index is 541. The summed E-state index contributed by atoms with van der Waals surface area (Å²) in [4.78, 5) is 23.8. The van der Waals surface area contributed by atoms with Gasteiger partial charge >= 0.3 is 0 Å². The van der Waals surface area contributed by atoms with Gasteiger partial charge < -0.3 is 16.4 Å². The zero-order chi connectivity index (χ0) is 17.2. The number of carbonyl (C=O) groups is 2. The number of amides is 2. The van der Waals surface area contributed by atoms with Gasteiger partial charge in [0.15, 0.2) is 0 Å². The molecular weight excluding hydrogens is 302 g/mol. The molecule has 5 heteroatoms. The second-order valence-electron chi connectivity index (χ2n) is 6.55. The SMILES string of the molecule is NCCCCCCC(=O)NCc1cccc(NC(=O)C2CCC2)c1. The van der Waals surface area contributed by atoms with Crippen LogP contribution in [0.15, 0.2) is 24.3 Å². The Morgan fingerprint density at radius 2 is 1.92 bits per heavy atom. The van der Waals surface area contributed by atoms with Crippen molar-refractivity contribution in [2.45, 2.75) is 57.9 Å². The summed E-state index contributed by atoms with van der Waals surface area (Å²) in [5, 5.41) is 5.90. The highest BCUT2D eigenvalue weighted by Crippen LogP contribution is 2.27. The highest BCUT2D eigenvalue weighted by molar-refractivity contribution is 5.93. The van der Waals surface area contributed by atoms with Crippen LogP contribution in [-0.4, -0.2) is 18.4 Å². The molecule has 1 aliphatic rings. The van der Waals surface area contributed by atoms with Crippen molar-refractivity contribution in [3.05, 3.63) is 29.8 Å². The first-order valence-corrected chi connectivity index (χ1v) is 9.05. The quantitative estimate of drug-likeness (QED) is 0.576. The van der Waals surface area contributed by atoms with Crippen molar-refractivity contribution in [3.63, 3.8) is 0 Å². The maximum absolute atomic E-state index is 12.0. The minimum atomic E-state index is 0.0756. The average molecular weight is 331 g/mol. The normalized spacial score (nSPS) is 14.0. The monoisotopic (exact) mass is 331 g/mol. The van der Waals surface area contributed by atoms with Gasteiger partial charge in [0.25, 0.3) is 0 Å². The van der Waals surface area contributed by atoms with Crippen LogP contribution in [0.1, 0.15) is 56.9 Å². The molecule has 0 aromatic heterocycles. The van der Waals surface area contributed by atoms with Gasteiger partial charge in [0.1, 0.15) is 0 Å². The van der Waals surface area contributed by atoms with E-state index in [9.17, 15) is 9.59 Å². The molecule has 0 aliphatic heterocycles. The van der Waals surface area contributed by atoms with Gasteiger partial charge in [-0.3, -0.25) is 9.59 Å². The van der Waals surface area contributed by atoms with Crippen LogP contribution in [0.2, 0.25) is 0 Å². The lowest BCUT2D eigenvalue weighted by molar-refractivity contribution is -0.122. The summed E-state index contributed by atoms with van der Waals surface area (Å²) < 4.78 is 0. The van der Waals surface area contributed by atoms with Crippen molar-refractivity contribution in [3.8, 4) is 0 Å². The molecule has 0 atom stereocenters. The lowest BCUT2D eigenvalue weighted by atomic mass is 9.85. The molecule has 1 fully saturated rings. The maximum atomic E-state index is 12.0. The number of carbonyl (C=O) groups excluding carboxylic acids is 2. The van der Waals surface area contributed by atoms with Gasteiger partial charge in [-0.05, 0) is 49.9 Å². The lowest BCUT2D eigenvalue weighted by Crippen LogP contribution is -2.28. The Morgan fingerprint density at radius 1 is 1.12 bits per heavy atom. The summed E-state index contributed by atoms with van der Waals surface area (Å²) >= 11 is 0. The fourth-order valence-corrected chi connectivity index (χ4v) is 2.75. The van der Waals surface area contributed by atoms with E-state index in [-0.39, 0.29) is 17.7 Å². The first-order chi connectivity index (χ1) is 11.7. The molecule has 1 saturated carbocycles. The van der Waals surface area contributed by atoms with Gasteiger partial charge in [-0.25, -0.2) is 0 Å². The van der Waals surface area contributed by atoms with E-state index in [1.807, 2.05) is 24.3 Å². The standard InChI is InChI=1S/C19H29N3O2/c20-12-4-2-1-3-11-18(23)21-14-15-7-5-10-17(13-15)22-19(24)16-8-6-9-16/h5,7,10,13,16H,1-4,6,8-9,11-12,14,20H2,(H,21,23)(H,22,24). The van der Waals surface area contributed by atoms with Crippen molar-refractivity contribution in [1.29, 1.82) is 0 Å². The molecule has 0 saturated heterocycles. The molecule has 0 spiro atoms. The first kappa shape index (κ1) is 18.5. The Balaban J connectivity index is 1.69. The molecule has 2 amide bonds. The molecule has 1 aromatic carbocycles. The zero-order valence-corrected chi connectivity index (χ0v) is 14.4. The van der Waals surface area contributed by atoms with E-state index in [4.69, 9.17) is 5.73 Å². The molecule has 132 valence electrons. The van der Waals surface area contributed by atoms with Crippen LogP contribution in [0.4, 0.5) is 5.69 Å². The minimum Gasteiger partial charge on any atom is -0.352 e. The summed E-state index contributed by atoms with van der Waals surface area (Å²) in [7, 11) is 0. The van der Waals surface area contributed by atoms with Crippen molar-refractivity contribution in [1.82, 2.24) is 5.32 Å². The molecule has 4 N–H and O–H groups in total. The molecular formula is C19H29N3O2. The van der Waals surface area contributed by atoms with Crippen LogP contribution in [0.25, 0.3) is 0 Å². The van der Waals surface area contributed by atoms with Gasteiger partial charge in [-0.1, -0.05) is 31.4 Å². The Morgan fingerprint density at radius 3 is 2.62 bits per heavy atom. The molecule has 0 heterocycles. The number of benzene rings is 1. The zero-order valence-electron chi connectivity index (χ0n) is 14.4. The van der Waals surface area contributed by atoms with E-state index >= 15 is 0 Å². The largest absolute Gasteiger partial charge is 0.352 e. The molecule has 0 unspecified atom stereocenters. The van der Waals surface area contributed by atoms with Gasteiger partial charge in [-0.15, -0.1) is 0 Å². The maximum Gasteiger partial charge on any atom is 0.227 e. The molecule has 0 bridgehead atoms. The summed E-state index contributed by atoms with van der Waals surface area (Å²) in [6.45, 7) is 1.22. The summed E-state index contributed by atoms with van der Waals surface area (Å²) in [5.74, 6) is 0.360. The van der Waals surface area contributed by atoms with Crippen LogP contribution in [0, 0.1) is 5.92 Å². The van der Waals surface area contributed by atoms with Crippen LogP contribution in [0.3, 0.4) is 0 Å². The highest BCUT2D eigenvalue weighted by atomic mass is 16.2. The molecule has 2 rings (SSSR count). The molecule has 5 nitrogen and oxygen atoms in total. The van der Waals surface area contributed by atoms with E-state index in [0.29, 0.717) is 13.0 Å². The average Bonchev–Trinajstić information content (AvgIpc) is 2.51. The Labute approximate surface area is 144 Å². The topological polar surface area (TPSA) is 84.2 Å². The number of hydrogen-bond donors (Lipinski definition) is 3. The first-order valence-electron chi connectivity index (χ1n) is 9.05. The predicted molar refractivity (Wildman–Crippen MR) is 96.4 cm³/mol. The number of nitrogens with two attached hydrogens (primary N) is 1. The number of unbranched alkanes of at least 4 members (excludes halogenated alkanes) is 3. The summed E-state index contributed by atoms with van der Waals surface area (Å²) in [6.07, 6.45) is 7.77. The van der Waals surface area contributed by atoms with Gasteiger partial charge in [0.2, 0.25) is 11.8 Å². The molecule has 1 aliphatic carbocycles. The van der Waals surface area contributed by atoms with Crippen LogP contribution >= 0.6 is 0 Å². The van der Waals surface area contributed by atoms with E-state index in [1.165, 1.54) is 0 Å². The van der Waals surface area contributed by atoms with Crippen LogP contribution in [-0.2, 0) is 16.1 Å². The fourth-order valence-electron chi connectivity index (χ4n) is 2.75. The second-order valence-corrected chi connectivity index (χ2v) is 6.55. The van der Waals surface area contributed by atoms with Gasteiger partial charge in [0, 0.05) is 24.6 Å². The highest BCUT2D eigenvalue weighted by Gasteiger charge is 2.25. The Kier molecular flexibility index (Phi) is 7.75. The van der Waals surface area contributed by atoms with Crippen LogP contribution in [0.5, 0.6) is 0 Å². The molecule has 0 radical (unpaired) electrons. The van der Waals surface area contributed by atoms with Crippen molar-refractivity contribution < 1.29 is 9.59 Å². The van der Waals surface area contributed by atoms with Crippen LogP contribution < -0.4 is 16.4 Å². The lowest BCUT2D eigenvalue weighted by Gasteiger charge is -2.24. The van der Waals surface area contributed by atoms with Gasteiger partial charge in [0.05, 0.1) is 0 Å². The van der Waals surface area contributed by atoms with E-state index in [1.54, 1.807) is 0 Å². The number of nitrogens with one attached hydrogen (secondary N) is 2. The number of anilines is 1. The van der Waals surface area contributed by atoms with Crippen molar-refractivity contribution >= 4 is 17.5 Å². The van der Waals surface area contributed by atoms with Crippen molar-refractivity contribution in [2.75, 3.05) is 11.9 Å².